The van der Waals surface area contributed by atoms with Gasteiger partial charge in [0, 0.05) is 12.3 Å². The van der Waals surface area contributed by atoms with Crippen LogP contribution in [0, 0.1) is 0 Å². The van der Waals surface area contributed by atoms with Crippen molar-refractivity contribution in [2.75, 3.05) is 0 Å². The van der Waals surface area contributed by atoms with Gasteiger partial charge in [-0.3, -0.25) is 4.79 Å². The van der Waals surface area contributed by atoms with Crippen molar-refractivity contribution >= 4 is 17.6 Å². The first-order chi connectivity index (χ1) is 8.19. The van der Waals surface area contributed by atoms with Crippen molar-refractivity contribution in [1.82, 2.24) is 9.97 Å². The van der Waals surface area contributed by atoms with Gasteiger partial charge in [-0.05, 0) is 6.07 Å². The molecule has 17 heavy (non-hydrogen) atoms. The highest BCUT2D eigenvalue weighted by atomic mass is 32.1. The Hall–Kier alpha value is -1.89. The molecule has 0 amide bonds. The Morgan fingerprint density at radius 2 is 2.24 bits per heavy atom. The summed E-state index contributed by atoms with van der Waals surface area (Å²) in [5, 5.41) is 0.479. The predicted molar refractivity (Wildman–Crippen MR) is 57.4 cm³/mol. The van der Waals surface area contributed by atoms with Crippen molar-refractivity contribution < 1.29 is 18.3 Å². The van der Waals surface area contributed by atoms with Gasteiger partial charge in [-0.25, -0.2) is 9.97 Å². The highest BCUT2D eigenvalue weighted by Crippen LogP contribution is 2.24. The number of hydrogen-bond donors (Lipinski definition) is 0. The normalized spacial score (nSPS) is 10.5. The number of rotatable bonds is 4. The van der Waals surface area contributed by atoms with Gasteiger partial charge in [0.05, 0.1) is 4.88 Å². The smallest absolute Gasteiger partial charge is 0.388 e. The van der Waals surface area contributed by atoms with E-state index in [2.05, 4.69) is 14.7 Å². The summed E-state index contributed by atoms with van der Waals surface area (Å²) >= 11 is 1.13. The molecule has 0 bridgehead atoms. The van der Waals surface area contributed by atoms with Crippen LogP contribution in [0.25, 0.3) is 10.7 Å². The van der Waals surface area contributed by atoms with Gasteiger partial charge in [-0.1, -0.05) is 6.07 Å². The number of pyridine rings is 1. The van der Waals surface area contributed by atoms with Crippen LogP contribution in [0.1, 0.15) is 9.67 Å². The molecule has 0 aliphatic carbocycles. The molecule has 88 valence electrons. The third-order valence-electron chi connectivity index (χ3n) is 1.79. The summed E-state index contributed by atoms with van der Waals surface area (Å²) in [7, 11) is 0. The molecule has 2 aromatic rings. The van der Waals surface area contributed by atoms with E-state index in [0.717, 1.165) is 11.3 Å². The predicted octanol–water partition coefficient (Wildman–Crippen LogP) is 2.62. The zero-order valence-corrected chi connectivity index (χ0v) is 9.16. The van der Waals surface area contributed by atoms with Crippen molar-refractivity contribution in [2.45, 2.75) is 6.61 Å². The molecular weight excluding hydrogens is 250 g/mol. The standard InChI is InChI=1S/C10H6F2N2O2S/c11-10(12)16-8-3-1-2-7(14-8)9-13-4-6(5-15)17-9/h1-5,10H. The van der Waals surface area contributed by atoms with Crippen LogP contribution in [0.4, 0.5) is 8.78 Å². The molecule has 0 atom stereocenters. The molecule has 0 aromatic carbocycles. The van der Waals surface area contributed by atoms with Gasteiger partial charge in [0.25, 0.3) is 0 Å². The van der Waals surface area contributed by atoms with Gasteiger partial charge in [0.1, 0.15) is 10.7 Å². The molecule has 0 fully saturated rings. The van der Waals surface area contributed by atoms with Crippen LogP contribution in [-0.2, 0) is 0 Å². The van der Waals surface area contributed by atoms with Crippen LogP contribution in [0.15, 0.2) is 24.4 Å². The van der Waals surface area contributed by atoms with Crippen molar-refractivity contribution in [3.63, 3.8) is 0 Å². The summed E-state index contributed by atoms with van der Waals surface area (Å²) in [6.07, 6.45) is 2.07. The second kappa shape index (κ2) is 4.96. The van der Waals surface area contributed by atoms with Crippen LogP contribution < -0.4 is 4.74 Å². The van der Waals surface area contributed by atoms with E-state index in [-0.39, 0.29) is 5.88 Å². The number of carbonyl (C=O) groups excluding carboxylic acids is 1. The largest absolute Gasteiger partial charge is 0.417 e. The number of alkyl halides is 2. The molecule has 0 aliphatic heterocycles. The maximum atomic E-state index is 12.0. The number of ether oxygens (including phenoxy) is 1. The molecule has 0 N–H and O–H groups in total. The topological polar surface area (TPSA) is 52.1 Å². The Kier molecular flexibility index (Phi) is 3.38. The lowest BCUT2D eigenvalue weighted by atomic mass is 10.3. The minimum Gasteiger partial charge on any atom is -0.417 e. The van der Waals surface area contributed by atoms with Crippen molar-refractivity contribution in [3.8, 4) is 16.6 Å². The van der Waals surface area contributed by atoms with Crippen molar-refractivity contribution in [1.29, 1.82) is 0 Å². The lowest BCUT2D eigenvalue weighted by Crippen LogP contribution is -2.03. The van der Waals surface area contributed by atoms with Crippen LogP contribution in [0.3, 0.4) is 0 Å². The summed E-state index contributed by atoms with van der Waals surface area (Å²) in [6.45, 7) is -2.92. The monoisotopic (exact) mass is 256 g/mol. The molecule has 2 rings (SSSR count). The average molecular weight is 256 g/mol. The number of nitrogens with zero attached hydrogens (tertiary/aromatic N) is 2. The number of aldehydes is 1. The van der Waals surface area contributed by atoms with Crippen LogP contribution >= 0.6 is 11.3 Å². The minimum absolute atomic E-state index is 0.180. The molecule has 7 heteroatoms. The van der Waals surface area contributed by atoms with Gasteiger partial charge in [0.15, 0.2) is 6.29 Å². The summed E-state index contributed by atoms with van der Waals surface area (Å²) in [6, 6.07) is 4.46. The van der Waals surface area contributed by atoms with E-state index in [1.165, 1.54) is 18.3 Å². The fourth-order valence-electron chi connectivity index (χ4n) is 1.15. The fraction of sp³-hybridized carbons (Fsp3) is 0.100. The lowest BCUT2D eigenvalue weighted by molar-refractivity contribution is -0.0527. The second-order valence-corrected chi connectivity index (χ2v) is 3.99. The Morgan fingerprint density at radius 1 is 1.41 bits per heavy atom. The molecular formula is C10H6F2N2O2S. The van der Waals surface area contributed by atoms with Gasteiger partial charge >= 0.3 is 6.61 Å². The first kappa shape index (κ1) is 11.6. The third kappa shape index (κ3) is 2.82. The Balaban J connectivity index is 2.29. The highest BCUT2D eigenvalue weighted by Gasteiger charge is 2.09. The maximum absolute atomic E-state index is 12.0. The van der Waals surface area contributed by atoms with Gasteiger partial charge in [-0.2, -0.15) is 8.78 Å². The molecule has 0 spiro atoms. The average Bonchev–Trinajstić information content (AvgIpc) is 2.77. The molecule has 0 saturated carbocycles. The van der Waals surface area contributed by atoms with E-state index in [0.29, 0.717) is 21.9 Å². The molecule has 0 unspecified atom stereocenters. The SMILES string of the molecule is O=Cc1cnc(-c2cccc(OC(F)F)n2)s1. The van der Waals surface area contributed by atoms with Gasteiger partial charge in [0.2, 0.25) is 5.88 Å². The number of thiazole rings is 1. The van der Waals surface area contributed by atoms with Gasteiger partial charge in [-0.15, -0.1) is 11.3 Å². The number of aromatic nitrogens is 2. The van der Waals surface area contributed by atoms with Crippen molar-refractivity contribution in [3.05, 3.63) is 29.3 Å². The van der Waals surface area contributed by atoms with E-state index < -0.39 is 6.61 Å². The quantitative estimate of drug-likeness (QED) is 0.789. The zero-order chi connectivity index (χ0) is 12.3. The van der Waals surface area contributed by atoms with Crippen LogP contribution in [-0.4, -0.2) is 22.9 Å². The highest BCUT2D eigenvalue weighted by molar-refractivity contribution is 7.16. The number of hydrogen-bond acceptors (Lipinski definition) is 5. The molecule has 0 aliphatic rings. The Labute approximate surface area is 98.9 Å². The molecule has 2 heterocycles. The minimum atomic E-state index is -2.92. The second-order valence-electron chi connectivity index (χ2n) is 2.93. The number of carbonyl (C=O) groups is 1. The zero-order valence-electron chi connectivity index (χ0n) is 8.34. The number of halogens is 2. The Bertz CT molecular complexity index is 531. The summed E-state index contributed by atoms with van der Waals surface area (Å²) in [5.41, 5.74) is 0.390. The van der Waals surface area contributed by atoms with Gasteiger partial charge < -0.3 is 4.74 Å². The molecule has 0 radical (unpaired) electrons. The van der Waals surface area contributed by atoms with E-state index >= 15 is 0 Å². The maximum Gasteiger partial charge on any atom is 0.388 e. The molecule has 2 aromatic heterocycles. The summed E-state index contributed by atoms with van der Waals surface area (Å²) < 4.78 is 28.2. The first-order valence-corrected chi connectivity index (χ1v) is 5.34. The van der Waals surface area contributed by atoms with E-state index in [1.807, 2.05) is 0 Å². The van der Waals surface area contributed by atoms with E-state index in [9.17, 15) is 13.6 Å². The Morgan fingerprint density at radius 3 is 2.88 bits per heavy atom. The summed E-state index contributed by atoms with van der Waals surface area (Å²) in [4.78, 5) is 18.8. The molecule has 4 nitrogen and oxygen atoms in total. The van der Waals surface area contributed by atoms with Crippen LogP contribution in [0.5, 0.6) is 5.88 Å². The summed E-state index contributed by atoms with van der Waals surface area (Å²) in [5.74, 6) is -0.180. The lowest BCUT2D eigenvalue weighted by Gasteiger charge is -2.03. The van der Waals surface area contributed by atoms with E-state index in [1.54, 1.807) is 6.07 Å². The van der Waals surface area contributed by atoms with E-state index in [4.69, 9.17) is 0 Å². The van der Waals surface area contributed by atoms with Crippen molar-refractivity contribution in [2.24, 2.45) is 0 Å². The van der Waals surface area contributed by atoms with Crippen LogP contribution in [0.2, 0.25) is 0 Å². The molecule has 0 saturated heterocycles. The first-order valence-electron chi connectivity index (χ1n) is 4.52. The fourth-order valence-corrected chi connectivity index (χ4v) is 1.85. The third-order valence-corrected chi connectivity index (χ3v) is 2.74.